The molecule has 0 aliphatic heterocycles. The van der Waals surface area contributed by atoms with Gasteiger partial charge in [0.25, 0.3) is 5.56 Å². The van der Waals surface area contributed by atoms with Crippen molar-refractivity contribution in [2.75, 3.05) is 0 Å². The van der Waals surface area contributed by atoms with Gasteiger partial charge in [-0.3, -0.25) is 14.2 Å². The summed E-state index contributed by atoms with van der Waals surface area (Å²) in [5.74, 6) is 0.825. The first kappa shape index (κ1) is 16.6. The van der Waals surface area contributed by atoms with Crippen LogP contribution in [0.4, 0.5) is 0 Å². The fraction of sp³-hybridized carbons (Fsp3) is 0.350. The van der Waals surface area contributed by atoms with Crippen molar-refractivity contribution in [2.24, 2.45) is 0 Å². The Morgan fingerprint density at radius 1 is 1.31 bits per heavy atom. The molecule has 1 amide bonds. The molecule has 3 aromatic rings. The topological polar surface area (TPSA) is 68.3 Å². The van der Waals surface area contributed by atoms with E-state index < -0.39 is 0 Å². The van der Waals surface area contributed by atoms with E-state index in [-0.39, 0.29) is 30.0 Å². The normalized spacial score (nSPS) is 15.1. The van der Waals surface area contributed by atoms with Gasteiger partial charge >= 0.3 is 0 Å². The predicted molar refractivity (Wildman–Crippen MR) is 97.6 cm³/mol. The summed E-state index contributed by atoms with van der Waals surface area (Å²) < 4.78 is 6.99. The maximum absolute atomic E-state index is 12.9. The molecule has 1 atom stereocenters. The number of furan rings is 1. The highest BCUT2D eigenvalue weighted by atomic mass is 16.3. The minimum Gasteiger partial charge on any atom is -0.467 e. The van der Waals surface area contributed by atoms with E-state index >= 15 is 0 Å². The minimum absolute atomic E-state index is 0.0384. The second kappa shape index (κ2) is 6.78. The van der Waals surface area contributed by atoms with Crippen LogP contribution >= 0.6 is 0 Å². The van der Waals surface area contributed by atoms with E-state index in [0.717, 1.165) is 18.6 Å². The number of aromatic nitrogens is 2. The van der Waals surface area contributed by atoms with Crippen molar-refractivity contribution in [3.63, 3.8) is 0 Å². The molecule has 2 aromatic heterocycles. The van der Waals surface area contributed by atoms with Crippen molar-refractivity contribution in [3.8, 4) is 0 Å². The van der Waals surface area contributed by atoms with Gasteiger partial charge in [0.15, 0.2) is 0 Å². The van der Waals surface area contributed by atoms with Gasteiger partial charge in [0, 0.05) is 19.0 Å². The van der Waals surface area contributed by atoms with Gasteiger partial charge in [-0.1, -0.05) is 12.1 Å². The number of amides is 1. The first-order valence-electron chi connectivity index (χ1n) is 8.94. The van der Waals surface area contributed by atoms with E-state index in [4.69, 9.17) is 4.42 Å². The molecule has 1 aromatic carbocycles. The van der Waals surface area contributed by atoms with Crippen LogP contribution in [0.1, 0.15) is 38.0 Å². The molecule has 0 saturated heterocycles. The van der Waals surface area contributed by atoms with E-state index in [9.17, 15) is 9.59 Å². The van der Waals surface area contributed by atoms with Gasteiger partial charge in [0.2, 0.25) is 5.91 Å². The summed E-state index contributed by atoms with van der Waals surface area (Å²) in [7, 11) is 0. The zero-order valence-corrected chi connectivity index (χ0v) is 14.7. The Hall–Kier alpha value is -2.89. The summed E-state index contributed by atoms with van der Waals surface area (Å²) in [4.78, 5) is 31.6. The third-order valence-corrected chi connectivity index (χ3v) is 4.90. The van der Waals surface area contributed by atoms with Crippen LogP contribution in [0.25, 0.3) is 10.9 Å². The number of hydrogen-bond acceptors (Lipinski definition) is 4. The van der Waals surface area contributed by atoms with E-state index in [1.807, 2.05) is 42.2 Å². The largest absolute Gasteiger partial charge is 0.467 e. The molecular formula is C20H21N3O3. The number of nitrogens with zero attached hydrogens (tertiary/aromatic N) is 3. The molecular weight excluding hydrogens is 330 g/mol. The lowest BCUT2D eigenvalue weighted by Crippen LogP contribution is -2.36. The first-order valence-corrected chi connectivity index (χ1v) is 8.94. The molecule has 134 valence electrons. The lowest BCUT2D eigenvalue weighted by atomic mass is 10.2. The third-order valence-electron chi connectivity index (χ3n) is 4.90. The molecule has 4 rings (SSSR count). The molecule has 6 heteroatoms. The Morgan fingerprint density at radius 3 is 2.85 bits per heavy atom. The average Bonchev–Trinajstić information content (AvgIpc) is 3.32. The standard InChI is InChI=1S/C20H21N3O3/c1-14(18-7-4-12-26-18)23(15-8-9-15)19(24)10-11-22-13-21-17-6-3-2-5-16(17)20(22)25/h2-7,12-15H,8-11H2,1H3/t14-/m0/s1. The van der Waals surface area contributed by atoms with Gasteiger partial charge in [0.1, 0.15) is 5.76 Å². The molecule has 1 aliphatic carbocycles. The SMILES string of the molecule is C[C@@H](c1ccco1)N(C(=O)CCn1cnc2ccccc2c1=O)C1CC1. The van der Waals surface area contributed by atoms with Gasteiger partial charge in [-0.15, -0.1) is 0 Å². The quantitative estimate of drug-likeness (QED) is 0.684. The fourth-order valence-electron chi connectivity index (χ4n) is 3.37. The van der Waals surface area contributed by atoms with Crippen LogP contribution in [0.15, 0.2) is 58.2 Å². The number of benzene rings is 1. The summed E-state index contributed by atoms with van der Waals surface area (Å²) in [6, 6.07) is 11.1. The Balaban J connectivity index is 1.51. The van der Waals surface area contributed by atoms with Gasteiger partial charge in [-0.2, -0.15) is 0 Å². The van der Waals surface area contributed by atoms with E-state index in [1.165, 1.54) is 10.9 Å². The number of rotatable bonds is 6. The molecule has 6 nitrogen and oxygen atoms in total. The third kappa shape index (κ3) is 3.14. The molecule has 0 bridgehead atoms. The van der Waals surface area contributed by atoms with Gasteiger partial charge in [-0.05, 0) is 44.0 Å². The van der Waals surface area contributed by atoms with Crippen molar-refractivity contribution in [1.82, 2.24) is 14.5 Å². The molecule has 2 heterocycles. The van der Waals surface area contributed by atoms with Gasteiger partial charge < -0.3 is 9.32 Å². The molecule has 0 radical (unpaired) electrons. The second-order valence-electron chi connectivity index (χ2n) is 6.73. The summed E-state index contributed by atoms with van der Waals surface area (Å²) >= 11 is 0. The Kier molecular flexibility index (Phi) is 4.32. The lowest BCUT2D eigenvalue weighted by Gasteiger charge is -2.28. The van der Waals surface area contributed by atoms with Crippen molar-refractivity contribution in [1.29, 1.82) is 0 Å². The van der Waals surface area contributed by atoms with Crippen LogP contribution in [0.5, 0.6) is 0 Å². The Bertz CT molecular complexity index is 973. The van der Waals surface area contributed by atoms with E-state index in [2.05, 4.69) is 4.98 Å². The second-order valence-corrected chi connectivity index (χ2v) is 6.73. The maximum atomic E-state index is 12.9. The van der Waals surface area contributed by atoms with Gasteiger partial charge in [-0.25, -0.2) is 4.98 Å². The van der Waals surface area contributed by atoms with Crippen LogP contribution in [-0.4, -0.2) is 26.4 Å². The molecule has 1 fully saturated rings. The highest BCUT2D eigenvalue weighted by Crippen LogP contribution is 2.35. The van der Waals surface area contributed by atoms with Crippen LogP contribution in [0.2, 0.25) is 0 Å². The zero-order valence-electron chi connectivity index (χ0n) is 14.7. The lowest BCUT2D eigenvalue weighted by molar-refractivity contribution is -0.134. The molecule has 0 unspecified atom stereocenters. The Labute approximate surface area is 151 Å². The highest BCUT2D eigenvalue weighted by molar-refractivity contribution is 5.78. The van der Waals surface area contributed by atoms with Crippen molar-refractivity contribution in [3.05, 3.63) is 65.1 Å². The highest BCUT2D eigenvalue weighted by Gasteiger charge is 2.36. The number of hydrogen-bond donors (Lipinski definition) is 0. The Morgan fingerprint density at radius 2 is 2.12 bits per heavy atom. The van der Waals surface area contributed by atoms with Crippen molar-refractivity contribution in [2.45, 2.75) is 44.8 Å². The smallest absolute Gasteiger partial charge is 0.261 e. The molecule has 26 heavy (non-hydrogen) atoms. The first-order chi connectivity index (χ1) is 12.6. The number of fused-ring (bicyclic) bond motifs is 1. The predicted octanol–water partition coefficient (Wildman–Crippen LogP) is 3.13. The fourth-order valence-corrected chi connectivity index (χ4v) is 3.37. The number of carbonyl (C=O) groups is 1. The summed E-state index contributed by atoms with van der Waals surface area (Å²) in [6.45, 7) is 2.31. The monoisotopic (exact) mass is 351 g/mol. The minimum atomic E-state index is -0.111. The van der Waals surface area contributed by atoms with Crippen LogP contribution in [0.3, 0.4) is 0 Å². The van der Waals surface area contributed by atoms with Crippen LogP contribution < -0.4 is 5.56 Å². The van der Waals surface area contributed by atoms with Crippen molar-refractivity contribution >= 4 is 16.8 Å². The summed E-state index contributed by atoms with van der Waals surface area (Å²) in [5, 5.41) is 0.574. The molecule has 1 aliphatic rings. The van der Waals surface area contributed by atoms with Crippen LogP contribution in [-0.2, 0) is 11.3 Å². The summed E-state index contributed by atoms with van der Waals surface area (Å²) in [6.07, 6.45) is 5.46. The van der Waals surface area contributed by atoms with E-state index in [0.29, 0.717) is 17.4 Å². The number of para-hydroxylation sites is 1. The maximum Gasteiger partial charge on any atom is 0.261 e. The van der Waals surface area contributed by atoms with Gasteiger partial charge in [0.05, 0.1) is 29.5 Å². The number of aryl methyl sites for hydroxylation is 1. The average molecular weight is 351 g/mol. The molecule has 1 saturated carbocycles. The summed E-state index contributed by atoms with van der Waals surface area (Å²) in [5.41, 5.74) is 0.562. The zero-order chi connectivity index (χ0) is 18.1. The number of carbonyl (C=O) groups excluding carboxylic acids is 1. The molecule has 0 N–H and O–H groups in total. The molecule has 0 spiro atoms. The van der Waals surface area contributed by atoms with E-state index in [1.54, 1.807) is 12.3 Å². The van der Waals surface area contributed by atoms with Crippen LogP contribution in [0, 0.1) is 0 Å². The van der Waals surface area contributed by atoms with Crippen molar-refractivity contribution < 1.29 is 9.21 Å².